The molecule has 27 heavy (non-hydrogen) atoms. The average molecular weight is 371 g/mol. The number of amides is 1. The Bertz CT molecular complexity index is 824. The summed E-state index contributed by atoms with van der Waals surface area (Å²) >= 11 is 0. The Morgan fingerprint density at radius 3 is 2.63 bits per heavy atom. The van der Waals surface area contributed by atoms with Gasteiger partial charge in [-0.05, 0) is 44.4 Å². The van der Waals surface area contributed by atoms with E-state index in [1.165, 1.54) is 12.1 Å². The lowest BCUT2D eigenvalue weighted by Crippen LogP contribution is -2.32. The summed E-state index contributed by atoms with van der Waals surface area (Å²) in [5.74, 6) is 0.520. The molecule has 144 valence electrons. The molecule has 2 N–H and O–H groups in total. The van der Waals surface area contributed by atoms with Gasteiger partial charge in [0.1, 0.15) is 11.6 Å². The zero-order valence-electron chi connectivity index (χ0n) is 16.1. The quantitative estimate of drug-likeness (QED) is 0.871. The summed E-state index contributed by atoms with van der Waals surface area (Å²) in [5.41, 5.74) is 8.78. The van der Waals surface area contributed by atoms with Crippen molar-refractivity contribution in [3.8, 4) is 0 Å². The summed E-state index contributed by atoms with van der Waals surface area (Å²) in [6.45, 7) is 5.95. The first kappa shape index (κ1) is 19.2. The SMILES string of the molecule is Cc1nc(C(=O)N(C)CCc2ccc(F)cc2)nc(N2CC[C@@H](N)C2)c1C. The fourth-order valence-electron chi connectivity index (χ4n) is 3.22. The number of nitrogens with zero attached hydrogens (tertiary/aromatic N) is 4. The van der Waals surface area contributed by atoms with Crippen LogP contribution in [0.2, 0.25) is 0 Å². The molecule has 6 nitrogen and oxygen atoms in total. The molecule has 0 saturated carbocycles. The van der Waals surface area contributed by atoms with E-state index < -0.39 is 0 Å². The second-order valence-corrected chi connectivity index (χ2v) is 7.18. The molecule has 0 bridgehead atoms. The number of aromatic nitrogens is 2. The van der Waals surface area contributed by atoms with Gasteiger partial charge < -0.3 is 15.5 Å². The Balaban J connectivity index is 1.73. The molecule has 2 heterocycles. The molecule has 7 heteroatoms. The van der Waals surface area contributed by atoms with Gasteiger partial charge in [0.2, 0.25) is 5.82 Å². The molecule has 1 amide bonds. The maximum absolute atomic E-state index is 13.0. The van der Waals surface area contributed by atoms with E-state index in [1.807, 2.05) is 13.8 Å². The zero-order chi connectivity index (χ0) is 19.6. The smallest absolute Gasteiger partial charge is 0.291 e. The molecule has 0 spiro atoms. The Morgan fingerprint density at radius 1 is 1.30 bits per heavy atom. The van der Waals surface area contributed by atoms with Gasteiger partial charge in [-0.2, -0.15) is 0 Å². The van der Waals surface area contributed by atoms with Crippen molar-refractivity contribution in [2.45, 2.75) is 32.7 Å². The van der Waals surface area contributed by atoms with Gasteiger partial charge in [-0.25, -0.2) is 14.4 Å². The van der Waals surface area contributed by atoms with Gasteiger partial charge in [0, 0.05) is 44.0 Å². The van der Waals surface area contributed by atoms with Crippen molar-refractivity contribution >= 4 is 11.7 Å². The second-order valence-electron chi connectivity index (χ2n) is 7.18. The highest BCUT2D eigenvalue weighted by Crippen LogP contribution is 2.23. The van der Waals surface area contributed by atoms with Crippen molar-refractivity contribution in [1.29, 1.82) is 0 Å². The molecule has 0 radical (unpaired) electrons. The number of hydrogen-bond acceptors (Lipinski definition) is 5. The van der Waals surface area contributed by atoms with E-state index in [9.17, 15) is 9.18 Å². The predicted molar refractivity (Wildman–Crippen MR) is 103 cm³/mol. The predicted octanol–water partition coefficient (Wildman–Crippen LogP) is 2.08. The van der Waals surface area contributed by atoms with Crippen LogP contribution in [-0.2, 0) is 6.42 Å². The highest BCUT2D eigenvalue weighted by atomic mass is 19.1. The average Bonchev–Trinajstić information content (AvgIpc) is 3.08. The highest BCUT2D eigenvalue weighted by Gasteiger charge is 2.25. The van der Waals surface area contributed by atoms with Crippen LogP contribution in [0.25, 0.3) is 0 Å². The second kappa shape index (κ2) is 8.00. The maximum atomic E-state index is 13.0. The van der Waals surface area contributed by atoms with E-state index in [0.717, 1.165) is 42.1 Å². The first-order chi connectivity index (χ1) is 12.8. The number of anilines is 1. The first-order valence-electron chi connectivity index (χ1n) is 9.21. The van der Waals surface area contributed by atoms with Crippen LogP contribution in [-0.4, -0.2) is 53.5 Å². The molecule has 1 aromatic carbocycles. The summed E-state index contributed by atoms with van der Waals surface area (Å²) in [6.07, 6.45) is 1.56. The van der Waals surface area contributed by atoms with Crippen LogP contribution < -0.4 is 10.6 Å². The normalized spacial score (nSPS) is 16.6. The Morgan fingerprint density at radius 2 is 2.00 bits per heavy atom. The number of benzene rings is 1. The fraction of sp³-hybridized carbons (Fsp3) is 0.450. The molecule has 1 aliphatic rings. The van der Waals surface area contributed by atoms with E-state index >= 15 is 0 Å². The molecule has 1 aliphatic heterocycles. The third kappa shape index (κ3) is 4.42. The number of rotatable bonds is 5. The lowest BCUT2D eigenvalue weighted by atomic mass is 10.1. The fourth-order valence-corrected chi connectivity index (χ4v) is 3.22. The van der Waals surface area contributed by atoms with Crippen LogP contribution >= 0.6 is 0 Å². The van der Waals surface area contributed by atoms with Gasteiger partial charge in [-0.3, -0.25) is 4.79 Å². The third-order valence-electron chi connectivity index (χ3n) is 5.07. The van der Waals surface area contributed by atoms with E-state index in [2.05, 4.69) is 14.9 Å². The van der Waals surface area contributed by atoms with E-state index in [4.69, 9.17) is 5.73 Å². The minimum absolute atomic E-state index is 0.136. The summed E-state index contributed by atoms with van der Waals surface area (Å²) < 4.78 is 13.0. The van der Waals surface area contributed by atoms with E-state index in [0.29, 0.717) is 13.0 Å². The minimum atomic E-state index is -0.263. The van der Waals surface area contributed by atoms with Gasteiger partial charge in [0.05, 0.1) is 0 Å². The largest absolute Gasteiger partial charge is 0.355 e. The van der Waals surface area contributed by atoms with Crippen molar-refractivity contribution < 1.29 is 9.18 Å². The van der Waals surface area contributed by atoms with Gasteiger partial charge in [0.15, 0.2) is 0 Å². The maximum Gasteiger partial charge on any atom is 0.291 e. The third-order valence-corrected chi connectivity index (χ3v) is 5.07. The molecule has 3 rings (SSSR count). The van der Waals surface area contributed by atoms with E-state index in [1.54, 1.807) is 24.1 Å². The molecule has 1 saturated heterocycles. The van der Waals surface area contributed by atoms with Crippen LogP contribution in [0.1, 0.15) is 33.9 Å². The zero-order valence-corrected chi connectivity index (χ0v) is 16.1. The number of hydrogen-bond donors (Lipinski definition) is 1. The summed E-state index contributed by atoms with van der Waals surface area (Å²) in [7, 11) is 1.73. The molecule has 1 aromatic heterocycles. The van der Waals surface area contributed by atoms with Crippen LogP contribution in [0, 0.1) is 19.7 Å². The summed E-state index contributed by atoms with van der Waals surface area (Å²) in [5, 5.41) is 0. The number of nitrogens with two attached hydrogens (primary N) is 1. The number of likely N-dealkylation sites (N-methyl/N-ethyl adjacent to an activating group) is 1. The molecule has 1 atom stereocenters. The van der Waals surface area contributed by atoms with Crippen LogP contribution in [0.3, 0.4) is 0 Å². The molecule has 1 fully saturated rings. The van der Waals surface area contributed by atoms with Crippen LogP contribution in [0.15, 0.2) is 24.3 Å². The summed E-state index contributed by atoms with van der Waals surface area (Å²) in [6, 6.07) is 6.45. The monoisotopic (exact) mass is 371 g/mol. The molecular formula is C20H26FN5O. The van der Waals surface area contributed by atoms with Crippen molar-refractivity contribution in [1.82, 2.24) is 14.9 Å². The highest BCUT2D eigenvalue weighted by molar-refractivity contribution is 5.90. The van der Waals surface area contributed by atoms with Gasteiger partial charge in [-0.15, -0.1) is 0 Å². The van der Waals surface area contributed by atoms with Crippen molar-refractivity contribution in [2.75, 3.05) is 31.6 Å². The van der Waals surface area contributed by atoms with Crippen molar-refractivity contribution in [3.05, 3.63) is 52.7 Å². The molecule has 2 aromatic rings. The van der Waals surface area contributed by atoms with E-state index in [-0.39, 0.29) is 23.6 Å². The number of carbonyl (C=O) groups is 1. The van der Waals surface area contributed by atoms with Gasteiger partial charge in [0.25, 0.3) is 5.91 Å². The van der Waals surface area contributed by atoms with Gasteiger partial charge >= 0.3 is 0 Å². The Kier molecular flexibility index (Phi) is 5.70. The Hall–Kier alpha value is -2.54. The van der Waals surface area contributed by atoms with Crippen molar-refractivity contribution in [2.24, 2.45) is 5.73 Å². The van der Waals surface area contributed by atoms with Crippen LogP contribution in [0.5, 0.6) is 0 Å². The standard InChI is InChI=1S/C20H26FN5O/c1-13-14(2)23-18(24-19(13)26-11-9-17(22)12-26)20(27)25(3)10-8-15-4-6-16(21)7-5-15/h4-7,17H,8-12,22H2,1-3H3/t17-/m1/s1. The number of halogens is 1. The lowest BCUT2D eigenvalue weighted by Gasteiger charge is -2.22. The number of carbonyl (C=O) groups excluding carboxylic acids is 1. The first-order valence-corrected chi connectivity index (χ1v) is 9.21. The Labute approximate surface area is 159 Å². The van der Waals surface area contributed by atoms with Gasteiger partial charge in [-0.1, -0.05) is 12.1 Å². The number of aryl methyl sites for hydroxylation is 1. The molecular weight excluding hydrogens is 345 g/mol. The molecule has 0 aliphatic carbocycles. The summed E-state index contributed by atoms with van der Waals surface area (Å²) in [4.78, 5) is 25.5. The lowest BCUT2D eigenvalue weighted by molar-refractivity contribution is 0.0784. The van der Waals surface area contributed by atoms with Crippen LogP contribution in [0.4, 0.5) is 10.2 Å². The minimum Gasteiger partial charge on any atom is -0.355 e. The van der Waals surface area contributed by atoms with Crippen molar-refractivity contribution in [3.63, 3.8) is 0 Å². The molecule has 0 unspecified atom stereocenters. The topological polar surface area (TPSA) is 75.4 Å².